The van der Waals surface area contributed by atoms with Gasteiger partial charge in [0.25, 0.3) is 0 Å². The molecule has 0 unspecified atom stereocenters. The summed E-state index contributed by atoms with van der Waals surface area (Å²) in [6.07, 6.45) is -2.14. The molecule has 0 spiro atoms. The van der Waals surface area contributed by atoms with Crippen LogP contribution in [0, 0.1) is 11.8 Å². The second-order valence-electron chi connectivity index (χ2n) is 12.7. The predicted molar refractivity (Wildman–Crippen MR) is 158 cm³/mol. The maximum atomic E-state index is 13.5. The number of alkyl carbamates (subject to hydrolysis) is 1. The van der Waals surface area contributed by atoms with E-state index in [2.05, 4.69) is 15.4 Å². The molecule has 246 valence electrons. The van der Waals surface area contributed by atoms with Gasteiger partial charge in [0.1, 0.15) is 29.0 Å². The Labute approximate surface area is 258 Å². The van der Waals surface area contributed by atoms with Gasteiger partial charge in [-0.2, -0.15) is 0 Å². The summed E-state index contributed by atoms with van der Waals surface area (Å²) in [5.41, 5.74) is -0.978. The van der Waals surface area contributed by atoms with Crippen molar-refractivity contribution in [1.29, 1.82) is 0 Å². The number of hydrogen-bond acceptors (Lipinski definition) is 11. The highest BCUT2D eigenvalue weighted by Crippen LogP contribution is 2.45. The molecule has 1 saturated carbocycles. The Balaban J connectivity index is 2.18. The van der Waals surface area contributed by atoms with E-state index in [1.54, 1.807) is 60.6 Å². The molecule has 3 N–H and O–H groups in total. The summed E-state index contributed by atoms with van der Waals surface area (Å²) >= 11 is 0. The second kappa shape index (κ2) is 15.7. The number of benzene rings is 1. The quantitative estimate of drug-likeness (QED) is 0.167. The van der Waals surface area contributed by atoms with Gasteiger partial charge in [-0.25, -0.2) is 14.4 Å². The molecule has 0 heterocycles. The largest absolute Gasteiger partial charge is 0.514 e. The molecular weight excluding hydrogens is 576 g/mol. The van der Waals surface area contributed by atoms with Crippen LogP contribution in [0.5, 0.6) is 5.75 Å². The first-order chi connectivity index (χ1) is 20.4. The van der Waals surface area contributed by atoms with Crippen LogP contribution in [-0.2, 0) is 39.8 Å². The summed E-state index contributed by atoms with van der Waals surface area (Å²) in [5, 5.41) is 16.0. The highest BCUT2D eigenvalue weighted by Gasteiger charge is 2.45. The molecular formula is C31H46N2O11. The van der Waals surface area contributed by atoms with Crippen LogP contribution in [-0.4, -0.2) is 78.3 Å². The minimum atomic E-state index is -1.22. The van der Waals surface area contributed by atoms with E-state index in [-0.39, 0.29) is 49.4 Å². The maximum Gasteiger partial charge on any atom is 0.514 e. The van der Waals surface area contributed by atoms with Crippen LogP contribution in [0.15, 0.2) is 24.3 Å². The predicted octanol–water partition coefficient (Wildman–Crippen LogP) is 3.43. The molecule has 1 fully saturated rings. The normalized spacial score (nSPS) is 18.1. The number of hydrogen-bond donors (Lipinski definition) is 3. The average molecular weight is 623 g/mol. The molecule has 2 rings (SSSR count). The third kappa shape index (κ3) is 13.2. The molecule has 1 aliphatic carbocycles. The van der Waals surface area contributed by atoms with Crippen molar-refractivity contribution >= 4 is 30.1 Å². The molecule has 13 nitrogen and oxygen atoms in total. The molecule has 1 aliphatic rings. The number of amides is 2. The van der Waals surface area contributed by atoms with Gasteiger partial charge in [-0.3, -0.25) is 9.59 Å². The van der Waals surface area contributed by atoms with Gasteiger partial charge in [0.15, 0.2) is 0 Å². The van der Waals surface area contributed by atoms with E-state index in [1.165, 1.54) is 19.2 Å². The minimum absolute atomic E-state index is 0.0142. The third-order valence-corrected chi connectivity index (χ3v) is 6.45. The molecule has 0 aliphatic heterocycles. The van der Waals surface area contributed by atoms with E-state index < -0.39 is 53.5 Å². The lowest BCUT2D eigenvalue weighted by Gasteiger charge is -2.26. The Morgan fingerprint density at radius 2 is 1.55 bits per heavy atom. The van der Waals surface area contributed by atoms with Crippen molar-refractivity contribution in [2.45, 2.75) is 104 Å². The zero-order valence-electron chi connectivity index (χ0n) is 26.8. The summed E-state index contributed by atoms with van der Waals surface area (Å²) in [6, 6.07) is 3.84. The van der Waals surface area contributed by atoms with Crippen LogP contribution in [0.4, 0.5) is 9.59 Å². The first kappa shape index (κ1) is 36.3. The number of rotatable bonds is 13. The third-order valence-electron chi connectivity index (χ3n) is 6.45. The Kier molecular flexibility index (Phi) is 13.0. The molecule has 44 heavy (non-hydrogen) atoms. The topological polar surface area (TPSA) is 176 Å². The van der Waals surface area contributed by atoms with Gasteiger partial charge in [0, 0.05) is 19.3 Å². The highest BCUT2D eigenvalue weighted by molar-refractivity contribution is 5.90. The van der Waals surface area contributed by atoms with E-state index in [4.69, 9.17) is 18.9 Å². The smallest absolute Gasteiger partial charge is 0.469 e. The number of esters is 2. The average Bonchev–Trinajstić information content (AvgIpc) is 3.65. The fourth-order valence-corrected chi connectivity index (χ4v) is 4.38. The van der Waals surface area contributed by atoms with E-state index in [1.807, 2.05) is 0 Å². The summed E-state index contributed by atoms with van der Waals surface area (Å²) < 4.78 is 25.5. The van der Waals surface area contributed by atoms with E-state index in [9.17, 15) is 29.1 Å². The van der Waals surface area contributed by atoms with Crippen LogP contribution >= 0.6 is 0 Å². The van der Waals surface area contributed by atoms with Crippen LogP contribution < -0.4 is 15.4 Å². The van der Waals surface area contributed by atoms with Gasteiger partial charge in [-0.15, -0.1) is 0 Å². The Morgan fingerprint density at radius 1 is 0.932 bits per heavy atom. The summed E-state index contributed by atoms with van der Waals surface area (Å²) in [5.74, 6) is -1.95. The molecule has 0 bridgehead atoms. The van der Waals surface area contributed by atoms with Gasteiger partial charge in [-0.05, 0) is 84.4 Å². The zero-order chi connectivity index (χ0) is 33.2. The number of carbonyl (C=O) groups excluding carboxylic acids is 5. The highest BCUT2D eigenvalue weighted by atomic mass is 16.7. The van der Waals surface area contributed by atoms with Crippen LogP contribution in [0.2, 0.25) is 0 Å². The van der Waals surface area contributed by atoms with Crippen molar-refractivity contribution in [3.8, 4) is 5.75 Å². The lowest BCUT2D eigenvalue weighted by Crippen LogP contribution is -2.54. The molecule has 1 aromatic carbocycles. The summed E-state index contributed by atoms with van der Waals surface area (Å²) in [4.78, 5) is 62.5. The molecule has 0 aromatic heterocycles. The van der Waals surface area contributed by atoms with Crippen molar-refractivity contribution in [3.05, 3.63) is 29.8 Å². The summed E-state index contributed by atoms with van der Waals surface area (Å²) in [6.45, 7) is 11.8. The number of aliphatic hydroxyl groups is 1. The van der Waals surface area contributed by atoms with Crippen molar-refractivity contribution in [2.75, 3.05) is 13.7 Å². The molecule has 2 amide bonds. The monoisotopic (exact) mass is 622 g/mol. The number of nitrogens with one attached hydrogen (secondary N) is 2. The molecule has 5 atom stereocenters. The SMILES string of the molecule is CCOC(=O)[C@@H](C[C@H](O)[C@@H]1C[C@H]1CC(=O)OC)NC(=O)[C@H](Cc1ccc(OC(=O)OC(C)(C)C)cc1)NC(=O)OC(C)(C)C. The van der Waals surface area contributed by atoms with Gasteiger partial charge in [0.05, 0.1) is 19.8 Å². The van der Waals surface area contributed by atoms with Crippen molar-refractivity contribution in [2.24, 2.45) is 11.8 Å². The number of aliphatic hydroxyl groups excluding tert-OH is 1. The second-order valence-corrected chi connectivity index (χ2v) is 12.7. The van der Waals surface area contributed by atoms with Gasteiger partial charge in [0.2, 0.25) is 5.91 Å². The molecule has 13 heteroatoms. The fraction of sp³-hybridized carbons (Fsp3) is 0.645. The first-order valence-corrected chi connectivity index (χ1v) is 14.6. The van der Waals surface area contributed by atoms with Gasteiger partial charge >= 0.3 is 24.2 Å². The number of ether oxygens (including phenoxy) is 5. The lowest BCUT2D eigenvalue weighted by molar-refractivity contribution is -0.148. The minimum Gasteiger partial charge on any atom is -0.469 e. The Hall–Kier alpha value is -3.87. The maximum absolute atomic E-state index is 13.5. The molecule has 0 radical (unpaired) electrons. The Bertz CT molecular complexity index is 1150. The first-order valence-electron chi connectivity index (χ1n) is 14.6. The van der Waals surface area contributed by atoms with Crippen LogP contribution in [0.1, 0.15) is 73.3 Å². The van der Waals surface area contributed by atoms with E-state index >= 15 is 0 Å². The standard InChI is InChI=1S/C31H46N2O11/c1-9-41-27(37)23(17-24(34)21-15-19(21)16-25(35)40-8)32-26(36)22(33-28(38)43-30(2,3)4)14-18-10-12-20(13-11-18)42-29(39)44-31(5,6)7/h10-13,19,21-24,34H,9,14-17H2,1-8H3,(H,32,36)(H,33,38)/t19-,21+,22-,23+,24-/m0/s1. The molecule has 0 saturated heterocycles. The Morgan fingerprint density at radius 3 is 2.09 bits per heavy atom. The van der Waals surface area contributed by atoms with E-state index in [0.29, 0.717) is 12.0 Å². The van der Waals surface area contributed by atoms with Crippen molar-refractivity contribution < 1.29 is 52.8 Å². The van der Waals surface area contributed by atoms with Crippen LogP contribution in [0.25, 0.3) is 0 Å². The number of methoxy groups -OCH3 is 1. The van der Waals surface area contributed by atoms with Crippen molar-refractivity contribution in [3.63, 3.8) is 0 Å². The zero-order valence-corrected chi connectivity index (χ0v) is 26.8. The number of carbonyl (C=O) groups is 5. The van der Waals surface area contributed by atoms with Gasteiger partial charge in [-0.1, -0.05) is 12.1 Å². The van der Waals surface area contributed by atoms with Gasteiger partial charge < -0.3 is 39.4 Å². The lowest BCUT2D eigenvalue weighted by atomic mass is 10.0. The summed E-state index contributed by atoms with van der Waals surface area (Å²) in [7, 11) is 1.29. The van der Waals surface area contributed by atoms with Crippen molar-refractivity contribution in [1.82, 2.24) is 10.6 Å². The molecule has 1 aromatic rings. The van der Waals surface area contributed by atoms with E-state index in [0.717, 1.165) is 0 Å². The fourth-order valence-electron chi connectivity index (χ4n) is 4.38. The van der Waals surface area contributed by atoms with Crippen LogP contribution in [0.3, 0.4) is 0 Å².